The molecule has 3 aromatic carbocycles. The van der Waals surface area contributed by atoms with Gasteiger partial charge in [-0.15, -0.1) is 0 Å². The van der Waals surface area contributed by atoms with Gasteiger partial charge in [-0.3, -0.25) is 14.4 Å². The van der Waals surface area contributed by atoms with Crippen LogP contribution in [0.2, 0.25) is 10.0 Å². The van der Waals surface area contributed by atoms with Crippen LogP contribution >= 0.6 is 23.2 Å². The van der Waals surface area contributed by atoms with Gasteiger partial charge in [0.25, 0.3) is 0 Å². The van der Waals surface area contributed by atoms with E-state index in [-0.39, 0.29) is 29.0 Å². The van der Waals surface area contributed by atoms with Crippen LogP contribution in [-0.2, 0) is 17.8 Å². The van der Waals surface area contributed by atoms with Crippen molar-refractivity contribution in [1.29, 1.82) is 0 Å². The maximum atomic E-state index is 15.4. The highest BCUT2D eigenvalue weighted by atomic mass is 35.5. The van der Waals surface area contributed by atoms with Gasteiger partial charge in [-0.1, -0.05) is 79.5 Å². The highest BCUT2D eigenvalue weighted by Gasteiger charge is 2.41. The fraction of sp³-hybridized carbons (Fsp3) is 0.241. The minimum atomic E-state index is -0.615. The molecule has 184 valence electrons. The van der Waals surface area contributed by atoms with E-state index in [9.17, 15) is 4.79 Å². The molecule has 2 heterocycles. The molecule has 7 heteroatoms. The number of halogens is 3. The highest BCUT2D eigenvalue weighted by molar-refractivity contribution is 6.31. The average molecular weight is 522 g/mol. The molecule has 1 aliphatic rings. The summed E-state index contributed by atoms with van der Waals surface area (Å²) < 4.78 is 17.4. The number of hydrogen-bond donors (Lipinski definition) is 0. The Kier molecular flexibility index (Phi) is 6.62. The summed E-state index contributed by atoms with van der Waals surface area (Å²) in [7, 11) is 0. The summed E-state index contributed by atoms with van der Waals surface area (Å²) in [5, 5.41) is 5.51. The van der Waals surface area contributed by atoms with E-state index in [1.165, 1.54) is 6.07 Å². The number of carbonyl (C=O) groups is 1. The van der Waals surface area contributed by atoms with Crippen LogP contribution in [-0.4, -0.2) is 15.7 Å². The van der Waals surface area contributed by atoms with Crippen molar-refractivity contribution in [3.8, 4) is 0 Å². The molecule has 0 unspecified atom stereocenters. The van der Waals surface area contributed by atoms with Gasteiger partial charge in [0.15, 0.2) is 5.82 Å². The summed E-state index contributed by atoms with van der Waals surface area (Å²) in [6.45, 7) is 6.76. The van der Waals surface area contributed by atoms with E-state index >= 15 is 4.39 Å². The van der Waals surface area contributed by atoms with Gasteiger partial charge in [0.2, 0.25) is 5.91 Å². The van der Waals surface area contributed by atoms with E-state index in [1.54, 1.807) is 23.1 Å². The Bertz CT molecular complexity index is 1450. The predicted octanol–water partition coefficient (Wildman–Crippen LogP) is 7.49. The van der Waals surface area contributed by atoms with Crippen molar-refractivity contribution < 1.29 is 9.18 Å². The maximum Gasteiger partial charge on any atom is 0.234 e. The number of hydrogen-bond acceptors (Lipinski definition) is 2. The van der Waals surface area contributed by atoms with E-state index in [0.29, 0.717) is 11.6 Å². The molecule has 0 aliphatic carbocycles. The van der Waals surface area contributed by atoms with Crippen LogP contribution < -0.4 is 4.90 Å². The number of nitrogens with zero attached hydrogens (tertiary/aromatic N) is 3. The second-order valence-corrected chi connectivity index (χ2v) is 10.3. The quantitative estimate of drug-likeness (QED) is 0.273. The molecule has 0 radical (unpaired) electrons. The van der Waals surface area contributed by atoms with E-state index in [1.807, 2.05) is 41.9 Å². The van der Waals surface area contributed by atoms with Gasteiger partial charge in [-0.25, -0.2) is 4.39 Å². The molecule has 4 nitrogen and oxygen atoms in total. The van der Waals surface area contributed by atoms with Crippen LogP contribution in [0.1, 0.15) is 59.4 Å². The Balaban J connectivity index is 1.77. The van der Waals surface area contributed by atoms with Crippen LogP contribution in [0.4, 0.5) is 10.1 Å². The van der Waals surface area contributed by atoms with Gasteiger partial charge < -0.3 is 0 Å². The molecule has 1 aliphatic heterocycles. The standard InChI is InChI=1S/C29H26Cl2FN3O/c1-17(2)28-26-23(33-34(28)16-19-8-5-4-6-9-19)15-25(36)35(24-11-7-10-22(31)27(24)32)29(26)21-13-12-20(30)14-18(21)3/h4-14,17,29H,15-16H2,1-3H3/t29-/m0/s1. The van der Waals surface area contributed by atoms with E-state index in [4.69, 9.17) is 28.3 Å². The fourth-order valence-corrected chi connectivity index (χ4v) is 5.54. The van der Waals surface area contributed by atoms with Gasteiger partial charge >= 0.3 is 0 Å². The van der Waals surface area contributed by atoms with Gasteiger partial charge in [0, 0.05) is 16.3 Å². The topological polar surface area (TPSA) is 38.1 Å². The predicted molar refractivity (Wildman–Crippen MR) is 142 cm³/mol. The second kappa shape index (κ2) is 9.72. The largest absolute Gasteiger partial charge is 0.297 e. The van der Waals surface area contributed by atoms with Crippen molar-refractivity contribution in [3.05, 3.63) is 116 Å². The Morgan fingerprint density at radius 2 is 1.81 bits per heavy atom. The lowest BCUT2D eigenvalue weighted by atomic mass is 9.85. The molecule has 0 saturated carbocycles. The van der Waals surface area contributed by atoms with Gasteiger partial charge in [-0.05, 0) is 53.8 Å². The van der Waals surface area contributed by atoms with Crippen molar-refractivity contribution in [1.82, 2.24) is 9.78 Å². The zero-order chi connectivity index (χ0) is 25.6. The smallest absolute Gasteiger partial charge is 0.234 e. The zero-order valence-corrected chi connectivity index (χ0v) is 21.8. The van der Waals surface area contributed by atoms with Crippen molar-refractivity contribution in [2.24, 2.45) is 0 Å². The van der Waals surface area contributed by atoms with Crippen LogP contribution in [0.5, 0.6) is 0 Å². The molecular formula is C29H26Cl2FN3O. The summed E-state index contributed by atoms with van der Waals surface area (Å²) in [6.07, 6.45) is 0.0753. The van der Waals surface area contributed by atoms with E-state index in [0.717, 1.165) is 33.6 Å². The Morgan fingerprint density at radius 1 is 1.06 bits per heavy atom. The first kappa shape index (κ1) is 24.5. The Hall–Kier alpha value is -3.15. The summed E-state index contributed by atoms with van der Waals surface area (Å²) in [4.78, 5) is 15.2. The lowest BCUT2D eigenvalue weighted by Gasteiger charge is -2.37. The minimum Gasteiger partial charge on any atom is -0.297 e. The number of rotatable bonds is 5. The van der Waals surface area contributed by atoms with Crippen LogP contribution in [0, 0.1) is 12.7 Å². The van der Waals surface area contributed by atoms with Crippen molar-refractivity contribution >= 4 is 34.8 Å². The summed E-state index contributed by atoms with van der Waals surface area (Å²) in [6, 6.07) is 19.9. The summed E-state index contributed by atoms with van der Waals surface area (Å²) in [5.74, 6) is -0.739. The van der Waals surface area contributed by atoms with Crippen LogP contribution in [0.3, 0.4) is 0 Å². The van der Waals surface area contributed by atoms with Crippen molar-refractivity contribution in [2.75, 3.05) is 4.90 Å². The molecule has 0 bridgehead atoms. The summed E-state index contributed by atoms with van der Waals surface area (Å²) >= 11 is 12.4. The molecular weight excluding hydrogens is 496 g/mol. The number of carbonyl (C=O) groups excluding carboxylic acids is 1. The molecule has 4 aromatic rings. The summed E-state index contributed by atoms with van der Waals surface area (Å²) in [5.41, 5.74) is 5.72. The molecule has 36 heavy (non-hydrogen) atoms. The molecule has 1 atom stereocenters. The van der Waals surface area contributed by atoms with Crippen LogP contribution in [0.25, 0.3) is 0 Å². The third kappa shape index (κ3) is 4.31. The maximum absolute atomic E-state index is 15.4. The third-order valence-electron chi connectivity index (χ3n) is 6.66. The average Bonchev–Trinajstić information content (AvgIpc) is 3.19. The van der Waals surface area contributed by atoms with Crippen molar-refractivity contribution in [2.45, 2.75) is 45.7 Å². The number of aryl methyl sites for hydroxylation is 1. The number of amides is 1. The SMILES string of the molecule is Cc1cc(Cl)ccc1[C@H]1c2c(nn(Cc3ccccc3)c2C(C)C)CC(=O)N1c1cccc(Cl)c1F. The number of fused-ring (bicyclic) bond motifs is 1. The van der Waals surface area contributed by atoms with Gasteiger partial charge in [0.1, 0.15) is 0 Å². The Morgan fingerprint density at radius 3 is 2.50 bits per heavy atom. The molecule has 1 amide bonds. The van der Waals surface area contributed by atoms with Crippen LogP contribution in [0.15, 0.2) is 66.7 Å². The normalized spacial score (nSPS) is 15.5. The third-order valence-corrected chi connectivity index (χ3v) is 7.19. The van der Waals surface area contributed by atoms with Gasteiger partial charge in [-0.2, -0.15) is 5.10 Å². The zero-order valence-electron chi connectivity index (χ0n) is 20.3. The number of aromatic nitrogens is 2. The van der Waals surface area contributed by atoms with E-state index < -0.39 is 11.9 Å². The first-order valence-corrected chi connectivity index (χ1v) is 12.7. The molecule has 5 rings (SSSR count). The molecule has 0 spiro atoms. The van der Waals surface area contributed by atoms with E-state index in [2.05, 4.69) is 26.0 Å². The molecule has 0 N–H and O–H groups in total. The number of benzene rings is 3. The Labute approximate surface area is 220 Å². The molecule has 0 saturated heterocycles. The van der Waals surface area contributed by atoms with Crippen molar-refractivity contribution in [3.63, 3.8) is 0 Å². The molecule has 0 fully saturated rings. The first-order chi connectivity index (χ1) is 17.3. The highest BCUT2D eigenvalue weighted by Crippen LogP contribution is 2.45. The molecule has 1 aromatic heterocycles. The fourth-order valence-electron chi connectivity index (χ4n) is 5.15. The van der Waals surface area contributed by atoms with Gasteiger partial charge in [0.05, 0.1) is 35.4 Å². The lowest BCUT2D eigenvalue weighted by Crippen LogP contribution is -2.42. The minimum absolute atomic E-state index is 0.0264. The lowest BCUT2D eigenvalue weighted by molar-refractivity contribution is -0.118. The number of anilines is 1. The monoisotopic (exact) mass is 521 g/mol. The first-order valence-electron chi connectivity index (χ1n) is 11.9. The second-order valence-electron chi connectivity index (χ2n) is 9.46.